The highest BCUT2D eigenvalue weighted by Crippen LogP contribution is 2.18. The van der Waals surface area contributed by atoms with Gasteiger partial charge in [0, 0.05) is 51.0 Å². The number of hydrogen-bond acceptors (Lipinski definition) is 4. The highest BCUT2D eigenvalue weighted by molar-refractivity contribution is 5.83. The van der Waals surface area contributed by atoms with Crippen molar-refractivity contribution in [3.8, 4) is 0 Å². The van der Waals surface area contributed by atoms with E-state index in [-0.39, 0.29) is 17.7 Å². The fourth-order valence-corrected chi connectivity index (χ4v) is 2.63. The Morgan fingerprint density at radius 3 is 2.96 bits per heavy atom. The molecule has 128 valence electrons. The van der Waals surface area contributed by atoms with Gasteiger partial charge in [-0.1, -0.05) is 0 Å². The van der Waals surface area contributed by atoms with Crippen LogP contribution in [0.2, 0.25) is 0 Å². The number of ether oxygens (including phenoxy) is 1. The third-order valence-corrected chi connectivity index (χ3v) is 4.09. The number of piperidine rings is 1. The summed E-state index contributed by atoms with van der Waals surface area (Å²) < 4.78 is 6.88. The molecule has 1 aromatic rings. The van der Waals surface area contributed by atoms with E-state index in [1.807, 2.05) is 10.9 Å². The van der Waals surface area contributed by atoms with Gasteiger partial charge in [-0.15, -0.1) is 0 Å². The number of carbonyl (C=O) groups is 2. The molecule has 2 amide bonds. The van der Waals surface area contributed by atoms with Crippen LogP contribution >= 0.6 is 0 Å². The minimum Gasteiger partial charge on any atom is -0.383 e. The van der Waals surface area contributed by atoms with Crippen molar-refractivity contribution in [2.24, 2.45) is 5.92 Å². The predicted octanol–water partition coefficient (Wildman–Crippen LogP) is 0.965. The van der Waals surface area contributed by atoms with E-state index < -0.39 is 0 Å². The Labute approximate surface area is 137 Å². The predicted molar refractivity (Wildman–Crippen MR) is 85.6 cm³/mol. The number of rotatable bonds is 7. The molecule has 1 fully saturated rings. The van der Waals surface area contributed by atoms with Crippen LogP contribution in [0.15, 0.2) is 12.4 Å². The van der Waals surface area contributed by atoms with Crippen molar-refractivity contribution in [2.45, 2.75) is 39.3 Å². The fraction of sp³-hybridized carbons (Fsp3) is 0.688. The Kier molecular flexibility index (Phi) is 6.15. The lowest BCUT2D eigenvalue weighted by Crippen LogP contribution is -2.46. The molecule has 2 heterocycles. The van der Waals surface area contributed by atoms with Gasteiger partial charge < -0.3 is 15.0 Å². The summed E-state index contributed by atoms with van der Waals surface area (Å²) in [6.45, 7) is 6.09. The number of hydrogen-bond donors (Lipinski definition) is 1. The van der Waals surface area contributed by atoms with E-state index in [0.717, 1.165) is 5.56 Å². The summed E-state index contributed by atoms with van der Waals surface area (Å²) in [5, 5.41) is 7.21. The van der Waals surface area contributed by atoms with Crippen LogP contribution in [-0.4, -0.2) is 53.3 Å². The van der Waals surface area contributed by atoms with Gasteiger partial charge in [0.15, 0.2) is 0 Å². The van der Waals surface area contributed by atoms with Crippen LogP contribution in [0.5, 0.6) is 0 Å². The molecule has 7 nitrogen and oxygen atoms in total. The van der Waals surface area contributed by atoms with Crippen molar-refractivity contribution in [3.63, 3.8) is 0 Å². The first kappa shape index (κ1) is 17.5. The minimum absolute atomic E-state index is 0.00258. The maximum absolute atomic E-state index is 12.3. The van der Waals surface area contributed by atoms with E-state index in [4.69, 9.17) is 4.74 Å². The molecule has 0 spiro atoms. The van der Waals surface area contributed by atoms with Gasteiger partial charge in [-0.2, -0.15) is 5.10 Å². The molecule has 7 heteroatoms. The molecule has 2 rings (SSSR count). The van der Waals surface area contributed by atoms with Gasteiger partial charge in [-0.25, -0.2) is 0 Å². The Morgan fingerprint density at radius 1 is 1.52 bits per heavy atom. The van der Waals surface area contributed by atoms with Crippen molar-refractivity contribution in [2.75, 3.05) is 26.8 Å². The van der Waals surface area contributed by atoms with Crippen molar-refractivity contribution >= 4 is 11.8 Å². The molecule has 1 aliphatic heterocycles. The maximum Gasteiger partial charge on any atom is 0.225 e. The third kappa shape index (κ3) is 4.79. The van der Waals surface area contributed by atoms with Gasteiger partial charge in [-0.3, -0.25) is 14.3 Å². The first-order valence-electron chi connectivity index (χ1n) is 8.08. The SMILES string of the molecule is COCCN1CC(C(=O)NCc2cnn(C(C)C)c2)CCC1=O. The van der Waals surface area contributed by atoms with Crippen LogP contribution in [0.1, 0.15) is 38.3 Å². The highest BCUT2D eigenvalue weighted by atomic mass is 16.5. The molecule has 0 saturated carbocycles. The second kappa shape index (κ2) is 8.10. The number of aromatic nitrogens is 2. The summed E-state index contributed by atoms with van der Waals surface area (Å²) >= 11 is 0. The molecule has 1 aromatic heterocycles. The molecule has 1 atom stereocenters. The molecule has 1 aliphatic rings. The molecule has 0 radical (unpaired) electrons. The van der Waals surface area contributed by atoms with E-state index in [2.05, 4.69) is 24.3 Å². The summed E-state index contributed by atoms with van der Waals surface area (Å²) in [6.07, 6.45) is 4.75. The number of methoxy groups -OCH3 is 1. The number of amides is 2. The Balaban J connectivity index is 1.83. The van der Waals surface area contributed by atoms with Crippen molar-refractivity contribution in [1.29, 1.82) is 0 Å². The van der Waals surface area contributed by atoms with E-state index >= 15 is 0 Å². The zero-order valence-electron chi connectivity index (χ0n) is 14.1. The molecule has 1 N–H and O–H groups in total. The van der Waals surface area contributed by atoms with Crippen LogP contribution in [0.4, 0.5) is 0 Å². The Morgan fingerprint density at radius 2 is 2.30 bits per heavy atom. The number of likely N-dealkylation sites (tertiary alicyclic amines) is 1. The van der Waals surface area contributed by atoms with Crippen LogP contribution < -0.4 is 5.32 Å². The third-order valence-electron chi connectivity index (χ3n) is 4.09. The van der Waals surface area contributed by atoms with E-state index in [1.54, 1.807) is 18.2 Å². The van der Waals surface area contributed by atoms with Gasteiger partial charge in [0.05, 0.1) is 18.7 Å². The average Bonchev–Trinajstić information content (AvgIpc) is 3.01. The van der Waals surface area contributed by atoms with Crippen LogP contribution in [0.3, 0.4) is 0 Å². The molecule has 1 saturated heterocycles. The maximum atomic E-state index is 12.3. The van der Waals surface area contributed by atoms with Gasteiger partial charge in [0.2, 0.25) is 11.8 Å². The van der Waals surface area contributed by atoms with Crippen LogP contribution in [0, 0.1) is 5.92 Å². The van der Waals surface area contributed by atoms with E-state index in [9.17, 15) is 9.59 Å². The van der Waals surface area contributed by atoms with E-state index in [0.29, 0.717) is 45.1 Å². The van der Waals surface area contributed by atoms with Gasteiger partial charge in [0.25, 0.3) is 0 Å². The van der Waals surface area contributed by atoms with Crippen molar-refractivity contribution in [3.05, 3.63) is 18.0 Å². The first-order chi connectivity index (χ1) is 11.0. The Bertz CT molecular complexity index is 541. The van der Waals surface area contributed by atoms with E-state index in [1.165, 1.54) is 0 Å². The number of nitrogens with one attached hydrogen (secondary N) is 1. The lowest BCUT2D eigenvalue weighted by Gasteiger charge is -2.31. The fourth-order valence-electron chi connectivity index (χ4n) is 2.63. The molecule has 1 unspecified atom stereocenters. The first-order valence-corrected chi connectivity index (χ1v) is 8.08. The summed E-state index contributed by atoms with van der Waals surface area (Å²) in [6, 6.07) is 0.304. The largest absolute Gasteiger partial charge is 0.383 e. The Hall–Kier alpha value is -1.89. The second-order valence-electron chi connectivity index (χ2n) is 6.21. The highest BCUT2D eigenvalue weighted by Gasteiger charge is 2.29. The van der Waals surface area contributed by atoms with Crippen molar-refractivity contribution < 1.29 is 14.3 Å². The lowest BCUT2D eigenvalue weighted by atomic mass is 9.96. The normalized spacial score (nSPS) is 18.5. The van der Waals surface area contributed by atoms with Crippen molar-refractivity contribution in [1.82, 2.24) is 20.0 Å². The summed E-state index contributed by atoms with van der Waals surface area (Å²) in [4.78, 5) is 25.9. The molecule has 0 aliphatic carbocycles. The summed E-state index contributed by atoms with van der Waals surface area (Å²) in [7, 11) is 1.61. The lowest BCUT2D eigenvalue weighted by molar-refractivity contribution is -0.138. The number of carbonyl (C=O) groups excluding carboxylic acids is 2. The molecular weight excluding hydrogens is 296 g/mol. The molecule has 0 bridgehead atoms. The summed E-state index contributed by atoms with van der Waals surface area (Å²) in [5.74, 6) is -0.0498. The zero-order chi connectivity index (χ0) is 16.8. The number of nitrogens with zero attached hydrogens (tertiary/aromatic N) is 3. The van der Waals surface area contributed by atoms with Crippen LogP contribution in [-0.2, 0) is 20.9 Å². The zero-order valence-corrected chi connectivity index (χ0v) is 14.1. The molecule has 0 aromatic carbocycles. The van der Waals surface area contributed by atoms with Gasteiger partial charge >= 0.3 is 0 Å². The summed E-state index contributed by atoms with van der Waals surface area (Å²) in [5.41, 5.74) is 0.982. The van der Waals surface area contributed by atoms with Gasteiger partial charge in [-0.05, 0) is 20.3 Å². The monoisotopic (exact) mass is 322 g/mol. The van der Waals surface area contributed by atoms with Crippen LogP contribution in [0.25, 0.3) is 0 Å². The quantitative estimate of drug-likeness (QED) is 0.811. The average molecular weight is 322 g/mol. The minimum atomic E-state index is -0.148. The smallest absolute Gasteiger partial charge is 0.225 e. The standard InChI is InChI=1S/C16H26N4O3/c1-12(2)20-10-13(9-18-20)8-17-16(22)14-4-5-15(21)19(11-14)6-7-23-3/h9-10,12,14H,4-8,11H2,1-3H3,(H,17,22). The molecular formula is C16H26N4O3. The van der Waals surface area contributed by atoms with Gasteiger partial charge in [0.1, 0.15) is 0 Å². The molecule has 23 heavy (non-hydrogen) atoms. The second-order valence-corrected chi connectivity index (χ2v) is 6.21. The topological polar surface area (TPSA) is 76.5 Å².